The zero-order valence-corrected chi connectivity index (χ0v) is 24.5. The molecule has 1 aliphatic carbocycles. The Morgan fingerprint density at radius 3 is 1.89 bits per heavy atom. The molecule has 0 atom stereocenters. The van der Waals surface area contributed by atoms with Crippen LogP contribution in [0.3, 0.4) is 0 Å². The largest absolute Gasteiger partial charge is 0.508 e. The topological polar surface area (TPSA) is 58.9 Å². The van der Waals surface area contributed by atoms with Crippen LogP contribution in [-0.2, 0) is 4.43 Å². The fourth-order valence-corrected chi connectivity index (χ4v) is 10.9. The van der Waals surface area contributed by atoms with Gasteiger partial charge < -0.3 is 19.4 Å². The first-order chi connectivity index (χ1) is 18.2. The summed E-state index contributed by atoms with van der Waals surface area (Å²) >= 11 is 0. The lowest BCUT2D eigenvalue weighted by molar-refractivity contribution is 0.100. The lowest BCUT2D eigenvalue weighted by Gasteiger charge is -2.44. The normalized spacial score (nSPS) is 15.8. The second kappa shape index (κ2) is 12.0. The molecule has 0 bridgehead atoms. The zero-order valence-electron chi connectivity index (χ0n) is 23.5. The van der Waals surface area contributed by atoms with E-state index in [1.807, 2.05) is 6.92 Å². The third kappa shape index (κ3) is 6.10. The van der Waals surface area contributed by atoms with Crippen molar-refractivity contribution in [3.05, 3.63) is 78.4 Å². The van der Waals surface area contributed by atoms with E-state index in [0.29, 0.717) is 17.9 Å². The predicted molar refractivity (Wildman–Crippen MR) is 158 cm³/mol. The van der Waals surface area contributed by atoms with E-state index >= 15 is 0 Å². The van der Waals surface area contributed by atoms with Crippen LogP contribution in [0.25, 0.3) is 0 Å². The van der Waals surface area contributed by atoms with E-state index in [-0.39, 0.29) is 22.0 Å². The third-order valence-corrected chi connectivity index (χ3v) is 13.5. The van der Waals surface area contributed by atoms with Crippen molar-refractivity contribution in [2.45, 2.75) is 77.7 Å². The molecule has 2 N–H and O–H groups in total. The monoisotopic (exact) mass is 532 g/mol. The van der Waals surface area contributed by atoms with Gasteiger partial charge in [0.25, 0.3) is 8.32 Å². The van der Waals surface area contributed by atoms with Gasteiger partial charge >= 0.3 is 0 Å². The number of aromatic hydroxyl groups is 2. The van der Waals surface area contributed by atoms with Gasteiger partial charge in [-0.05, 0) is 53.4 Å². The fraction of sp³-hybridized carbons (Fsp3) is 0.455. The number of rotatable bonds is 10. The molecule has 0 radical (unpaired) electrons. The average molecular weight is 533 g/mol. The summed E-state index contributed by atoms with van der Waals surface area (Å²) in [6.07, 6.45) is 8.08. The summed E-state index contributed by atoms with van der Waals surface area (Å²) in [4.78, 5) is 0. The second-order valence-electron chi connectivity index (χ2n) is 12.0. The fourth-order valence-electron chi connectivity index (χ4n) is 6.30. The Balaban J connectivity index is 1.54. The van der Waals surface area contributed by atoms with Crippen molar-refractivity contribution < 1.29 is 19.4 Å². The first-order valence-electron chi connectivity index (χ1n) is 14.1. The van der Waals surface area contributed by atoms with E-state index in [4.69, 9.17) is 9.16 Å². The Morgan fingerprint density at radius 1 is 0.789 bits per heavy atom. The molecule has 0 spiro atoms. The van der Waals surface area contributed by atoms with E-state index in [9.17, 15) is 10.2 Å². The van der Waals surface area contributed by atoms with Gasteiger partial charge in [-0.15, -0.1) is 0 Å². The molecule has 4 nitrogen and oxygen atoms in total. The van der Waals surface area contributed by atoms with Gasteiger partial charge in [-0.25, -0.2) is 0 Å². The van der Waals surface area contributed by atoms with Crippen LogP contribution in [0.5, 0.6) is 17.2 Å². The molecular formula is C33H44O4Si. The van der Waals surface area contributed by atoms with Crippen molar-refractivity contribution in [1.82, 2.24) is 0 Å². The van der Waals surface area contributed by atoms with Crippen molar-refractivity contribution >= 4 is 18.7 Å². The molecule has 0 heterocycles. The standard InChI is InChI=1S/C33H44O4Si/c1-26-30(35)24-27(34)25-31(26)36-22-20-33(18-12-7-13-19-33)21-23-37-38(32(2,3)4,28-14-8-5-9-15-28)29-16-10-6-11-17-29/h5-6,8-11,14-17,24-25,34-35H,7,12-13,18-23H2,1-4H3. The summed E-state index contributed by atoms with van der Waals surface area (Å²) in [5, 5.41) is 22.6. The molecule has 3 aromatic rings. The Kier molecular flexibility index (Phi) is 8.89. The van der Waals surface area contributed by atoms with Crippen LogP contribution in [0.2, 0.25) is 5.04 Å². The first kappa shape index (κ1) is 28.3. The van der Waals surface area contributed by atoms with Crippen LogP contribution < -0.4 is 15.1 Å². The average Bonchev–Trinajstić information content (AvgIpc) is 2.90. The van der Waals surface area contributed by atoms with Crippen LogP contribution >= 0.6 is 0 Å². The van der Waals surface area contributed by atoms with Crippen molar-refractivity contribution in [3.8, 4) is 17.2 Å². The minimum Gasteiger partial charge on any atom is -0.508 e. The van der Waals surface area contributed by atoms with Crippen molar-refractivity contribution in [1.29, 1.82) is 0 Å². The highest BCUT2D eigenvalue weighted by molar-refractivity contribution is 6.99. The lowest BCUT2D eigenvalue weighted by Crippen LogP contribution is -2.66. The van der Waals surface area contributed by atoms with Gasteiger partial charge in [0, 0.05) is 24.3 Å². The number of hydrogen-bond donors (Lipinski definition) is 2. The van der Waals surface area contributed by atoms with Gasteiger partial charge in [0.2, 0.25) is 0 Å². The molecule has 0 aliphatic heterocycles. The van der Waals surface area contributed by atoms with Crippen molar-refractivity contribution in [2.24, 2.45) is 5.41 Å². The van der Waals surface area contributed by atoms with Gasteiger partial charge in [-0.1, -0.05) is 101 Å². The summed E-state index contributed by atoms with van der Waals surface area (Å²) in [5.74, 6) is 0.636. The quantitative estimate of drug-likeness (QED) is 0.274. The molecule has 38 heavy (non-hydrogen) atoms. The summed E-state index contributed by atoms with van der Waals surface area (Å²) in [5.41, 5.74) is 0.840. The Morgan fingerprint density at radius 2 is 1.34 bits per heavy atom. The minimum absolute atomic E-state index is 0.0224. The molecule has 204 valence electrons. The summed E-state index contributed by atoms with van der Waals surface area (Å²) in [6, 6.07) is 24.7. The molecule has 5 heteroatoms. The highest BCUT2D eigenvalue weighted by Crippen LogP contribution is 2.44. The Hall–Kier alpha value is -2.76. The Labute approximate surface area is 229 Å². The second-order valence-corrected chi connectivity index (χ2v) is 16.3. The summed E-state index contributed by atoms with van der Waals surface area (Å²) in [7, 11) is -2.56. The van der Waals surface area contributed by atoms with Gasteiger partial charge in [-0.2, -0.15) is 0 Å². The molecule has 0 aromatic heterocycles. The molecule has 1 aliphatic rings. The molecule has 0 amide bonds. The molecule has 0 unspecified atom stereocenters. The Bertz CT molecular complexity index is 1130. The molecular weight excluding hydrogens is 488 g/mol. The number of ether oxygens (including phenoxy) is 1. The maximum atomic E-state index is 10.1. The number of phenols is 2. The van der Waals surface area contributed by atoms with E-state index < -0.39 is 8.32 Å². The van der Waals surface area contributed by atoms with Crippen LogP contribution in [0, 0.1) is 12.3 Å². The van der Waals surface area contributed by atoms with Gasteiger partial charge in [0.15, 0.2) is 0 Å². The highest BCUT2D eigenvalue weighted by atomic mass is 28.4. The van der Waals surface area contributed by atoms with E-state index in [1.54, 1.807) is 6.07 Å². The number of phenolic OH excluding ortho intramolecular Hbond substituents is 2. The first-order valence-corrected chi connectivity index (χ1v) is 16.0. The minimum atomic E-state index is -2.56. The van der Waals surface area contributed by atoms with E-state index in [1.165, 1.54) is 48.5 Å². The number of hydrogen-bond acceptors (Lipinski definition) is 4. The zero-order chi connectivity index (χ0) is 27.2. The summed E-state index contributed by atoms with van der Waals surface area (Å²) in [6.45, 7) is 10.1. The van der Waals surface area contributed by atoms with E-state index in [0.717, 1.165) is 19.4 Å². The van der Waals surface area contributed by atoms with Crippen LogP contribution in [0.4, 0.5) is 0 Å². The predicted octanol–water partition coefficient (Wildman–Crippen LogP) is 7.09. The molecule has 0 saturated heterocycles. The summed E-state index contributed by atoms with van der Waals surface area (Å²) < 4.78 is 13.4. The SMILES string of the molecule is Cc1c(O)cc(O)cc1OCCC1(CCO[Si](c2ccccc2)(c2ccccc2)C(C)(C)C)CCCCC1. The van der Waals surface area contributed by atoms with E-state index in [2.05, 4.69) is 81.4 Å². The smallest absolute Gasteiger partial charge is 0.261 e. The molecule has 1 fully saturated rings. The highest BCUT2D eigenvalue weighted by Gasteiger charge is 2.50. The van der Waals surface area contributed by atoms with Gasteiger partial charge in [0.05, 0.1) is 6.61 Å². The molecule has 3 aromatic carbocycles. The molecule has 1 saturated carbocycles. The number of benzene rings is 3. The lowest BCUT2D eigenvalue weighted by atomic mass is 9.70. The van der Waals surface area contributed by atoms with Crippen LogP contribution in [-0.4, -0.2) is 31.7 Å². The maximum absolute atomic E-state index is 10.1. The van der Waals surface area contributed by atoms with Crippen LogP contribution in [0.1, 0.15) is 71.3 Å². The third-order valence-electron chi connectivity index (χ3n) is 8.49. The van der Waals surface area contributed by atoms with Crippen molar-refractivity contribution in [3.63, 3.8) is 0 Å². The maximum Gasteiger partial charge on any atom is 0.261 e. The van der Waals surface area contributed by atoms with Crippen LogP contribution in [0.15, 0.2) is 72.8 Å². The van der Waals surface area contributed by atoms with Gasteiger partial charge in [0.1, 0.15) is 17.2 Å². The van der Waals surface area contributed by atoms with Crippen molar-refractivity contribution in [2.75, 3.05) is 13.2 Å². The molecule has 4 rings (SSSR count). The van der Waals surface area contributed by atoms with Gasteiger partial charge in [-0.3, -0.25) is 0 Å².